The van der Waals surface area contributed by atoms with Crippen LogP contribution in [0.15, 0.2) is 29.4 Å². The van der Waals surface area contributed by atoms with Gasteiger partial charge in [-0.1, -0.05) is 23.9 Å². The van der Waals surface area contributed by atoms with Gasteiger partial charge in [0.05, 0.1) is 24.1 Å². The Kier molecular flexibility index (Phi) is 5.28. The van der Waals surface area contributed by atoms with Crippen molar-refractivity contribution in [2.75, 3.05) is 18.2 Å². The molecular weight excluding hydrogens is 412 g/mol. The maximum atomic E-state index is 12.5. The highest BCUT2D eigenvalue weighted by atomic mass is 32.2. The van der Waals surface area contributed by atoms with Gasteiger partial charge >= 0.3 is 5.97 Å². The number of hydrogen-bond donors (Lipinski definition) is 1. The van der Waals surface area contributed by atoms with Crippen molar-refractivity contribution in [1.82, 2.24) is 14.8 Å². The molecular formula is C23H28N4O3S. The van der Waals surface area contributed by atoms with E-state index in [0.717, 1.165) is 28.7 Å². The van der Waals surface area contributed by atoms with Crippen molar-refractivity contribution in [3.63, 3.8) is 0 Å². The van der Waals surface area contributed by atoms with Crippen LogP contribution in [-0.2, 0) is 22.0 Å². The zero-order chi connectivity index (χ0) is 21.6. The van der Waals surface area contributed by atoms with E-state index in [1.807, 2.05) is 7.05 Å². The maximum Gasteiger partial charge on any atom is 0.339 e. The van der Waals surface area contributed by atoms with Crippen LogP contribution in [0.2, 0.25) is 0 Å². The highest BCUT2D eigenvalue weighted by Crippen LogP contribution is 2.60. The second kappa shape index (κ2) is 7.97. The fourth-order valence-corrected chi connectivity index (χ4v) is 7.19. The van der Waals surface area contributed by atoms with E-state index in [1.54, 1.807) is 24.3 Å². The van der Waals surface area contributed by atoms with Gasteiger partial charge in [-0.05, 0) is 68.4 Å². The van der Waals surface area contributed by atoms with E-state index < -0.39 is 5.97 Å². The number of carbonyl (C=O) groups is 2. The summed E-state index contributed by atoms with van der Waals surface area (Å²) in [7, 11) is 3.35. The molecule has 4 saturated carbocycles. The number of methoxy groups -OCH3 is 1. The van der Waals surface area contributed by atoms with E-state index in [9.17, 15) is 9.59 Å². The van der Waals surface area contributed by atoms with E-state index in [4.69, 9.17) is 4.74 Å². The Labute approximate surface area is 186 Å². The standard InChI is InChI=1S/C23H28N4O3S/c1-27-21(23-10-14-7-15(11-23)9-16(8-14)12-23)25-26-22(27)31-13-19(28)24-18-6-4-3-5-17(18)20(29)30-2/h3-6,14-16H,7-13H2,1-2H3,(H,24,28). The van der Waals surface area contributed by atoms with Crippen LogP contribution in [0, 0.1) is 17.8 Å². The first-order chi connectivity index (χ1) is 15.0. The third-order valence-corrected chi connectivity index (χ3v) is 8.31. The van der Waals surface area contributed by atoms with Crippen LogP contribution < -0.4 is 5.32 Å². The number of aromatic nitrogens is 3. The van der Waals surface area contributed by atoms with E-state index in [0.29, 0.717) is 11.3 Å². The summed E-state index contributed by atoms with van der Waals surface area (Å²) in [5.74, 6) is 3.17. The number of anilines is 1. The molecule has 1 aromatic heterocycles. The zero-order valence-electron chi connectivity index (χ0n) is 18.0. The van der Waals surface area contributed by atoms with Crippen molar-refractivity contribution >= 4 is 29.3 Å². The minimum Gasteiger partial charge on any atom is -0.465 e. The van der Waals surface area contributed by atoms with Crippen molar-refractivity contribution in [2.24, 2.45) is 24.8 Å². The molecule has 1 heterocycles. The van der Waals surface area contributed by atoms with Gasteiger partial charge in [0, 0.05) is 12.5 Å². The Morgan fingerprint density at radius 1 is 1.13 bits per heavy atom. The van der Waals surface area contributed by atoms with Gasteiger partial charge in [-0.2, -0.15) is 0 Å². The maximum absolute atomic E-state index is 12.5. The van der Waals surface area contributed by atoms with Crippen LogP contribution in [0.25, 0.3) is 0 Å². The van der Waals surface area contributed by atoms with E-state index in [2.05, 4.69) is 20.1 Å². The topological polar surface area (TPSA) is 86.1 Å². The normalized spacial score (nSPS) is 28.5. The number of ether oxygens (including phenoxy) is 1. The van der Waals surface area contributed by atoms with Gasteiger partial charge in [0.15, 0.2) is 5.16 Å². The summed E-state index contributed by atoms with van der Waals surface area (Å²) in [6.45, 7) is 0. The summed E-state index contributed by atoms with van der Waals surface area (Å²) in [6.07, 6.45) is 7.89. The fourth-order valence-electron chi connectivity index (χ4n) is 6.48. The number of thioether (sulfide) groups is 1. The summed E-state index contributed by atoms with van der Waals surface area (Å²) in [6, 6.07) is 6.84. The SMILES string of the molecule is COC(=O)c1ccccc1NC(=O)CSc1nnc(C23CC4CC(CC(C4)C2)C3)n1C. The summed E-state index contributed by atoms with van der Waals surface area (Å²) in [5, 5.41) is 12.6. The minimum absolute atomic E-state index is 0.178. The van der Waals surface area contributed by atoms with Gasteiger partial charge in [-0.25, -0.2) is 4.79 Å². The molecule has 164 valence electrons. The monoisotopic (exact) mass is 440 g/mol. The zero-order valence-corrected chi connectivity index (χ0v) is 18.8. The number of esters is 1. The molecule has 6 rings (SSSR count). The second-order valence-corrected chi connectivity index (χ2v) is 10.4. The summed E-state index contributed by atoms with van der Waals surface area (Å²) < 4.78 is 6.89. The molecule has 31 heavy (non-hydrogen) atoms. The highest BCUT2D eigenvalue weighted by molar-refractivity contribution is 7.99. The minimum atomic E-state index is -0.475. The number of nitrogens with zero attached hydrogens (tertiary/aromatic N) is 3. The molecule has 1 N–H and O–H groups in total. The predicted molar refractivity (Wildman–Crippen MR) is 118 cm³/mol. The van der Waals surface area contributed by atoms with Gasteiger partial charge in [-0.3, -0.25) is 4.79 Å². The summed E-state index contributed by atoms with van der Waals surface area (Å²) in [5.41, 5.74) is 0.968. The largest absolute Gasteiger partial charge is 0.465 e. The van der Waals surface area contributed by atoms with Gasteiger partial charge in [0.2, 0.25) is 5.91 Å². The van der Waals surface area contributed by atoms with E-state index >= 15 is 0 Å². The highest BCUT2D eigenvalue weighted by Gasteiger charge is 2.53. The Balaban J connectivity index is 1.26. The predicted octanol–water partition coefficient (Wildman–Crippen LogP) is 3.80. The van der Waals surface area contributed by atoms with Crippen LogP contribution >= 0.6 is 11.8 Å². The molecule has 1 aromatic carbocycles. The second-order valence-electron chi connectivity index (χ2n) is 9.44. The molecule has 4 aliphatic rings. The van der Waals surface area contributed by atoms with Crippen LogP contribution in [-0.4, -0.2) is 39.5 Å². The number of carbonyl (C=O) groups excluding carboxylic acids is 2. The molecule has 0 radical (unpaired) electrons. The lowest BCUT2D eigenvalue weighted by Crippen LogP contribution is -2.49. The number of nitrogens with one attached hydrogen (secondary N) is 1. The van der Waals surface area contributed by atoms with Crippen molar-refractivity contribution in [2.45, 2.75) is 49.1 Å². The molecule has 1 amide bonds. The Bertz CT molecular complexity index is 983. The molecule has 7 nitrogen and oxygen atoms in total. The van der Waals surface area contributed by atoms with Crippen molar-refractivity contribution in [1.29, 1.82) is 0 Å². The lowest BCUT2D eigenvalue weighted by Gasteiger charge is -2.56. The molecule has 4 fully saturated rings. The average molecular weight is 441 g/mol. The van der Waals surface area contributed by atoms with Gasteiger partial charge in [0.25, 0.3) is 0 Å². The third-order valence-electron chi connectivity index (χ3n) is 7.29. The number of hydrogen-bond acceptors (Lipinski definition) is 6. The first-order valence-corrected chi connectivity index (χ1v) is 12.0. The first-order valence-electron chi connectivity index (χ1n) is 11.0. The van der Waals surface area contributed by atoms with Crippen LogP contribution in [0.5, 0.6) is 0 Å². The van der Waals surface area contributed by atoms with Crippen LogP contribution in [0.1, 0.15) is 54.7 Å². The molecule has 0 unspecified atom stereocenters. The average Bonchev–Trinajstić information content (AvgIpc) is 3.12. The summed E-state index contributed by atoms with van der Waals surface area (Å²) >= 11 is 1.38. The number of amides is 1. The Morgan fingerprint density at radius 2 is 1.77 bits per heavy atom. The van der Waals surface area contributed by atoms with E-state index in [-0.39, 0.29) is 17.1 Å². The van der Waals surface area contributed by atoms with Crippen LogP contribution in [0.3, 0.4) is 0 Å². The van der Waals surface area contributed by atoms with E-state index in [1.165, 1.54) is 57.4 Å². The lowest BCUT2D eigenvalue weighted by atomic mass is 9.49. The van der Waals surface area contributed by atoms with Gasteiger partial charge < -0.3 is 14.6 Å². The quantitative estimate of drug-likeness (QED) is 0.543. The number of para-hydroxylation sites is 1. The Morgan fingerprint density at radius 3 is 2.42 bits per heavy atom. The van der Waals surface area contributed by atoms with Gasteiger partial charge in [-0.15, -0.1) is 10.2 Å². The Hall–Kier alpha value is -2.35. The molecule has 2 aromatic rings. The third kappa shape index (κ3) is 3.75. The van der Waals surface area contributed by atoms with Crippen molar-refractivity contribution < 1.29 is 14.3 Å². The van der Waals surface area contributed by atoms with Crippen molar-refractivity contribution in [3.05, 3.63) is 35.7 Å². The van der Waals surface area contributed by atoms with Gasteiger partial charge in [0.1, 0.15) is 5.82 Å². The lowest BCUT2D eigenvalue weighted by molar-refractivity contribution is -0.113. The van der Waals surface area contributed by atoms with Crippen LogP contribution in [0.4, 0.5) is 5.69 Å². The fraction of sp³-hybridized carbons (Fsp3) is 0.565. The molecule has 4 bridgehead atoms. The molecule has 4 aliphatic carbocycles. The summed E-state index contributed by atoms with van der Waals surface area (Å²) in [4.78, 5) is 24.5. The molecule has 0 spiro atoms. The number of rotatable bonds is 6. The van der Waals surface area contributed by atoms with Crippen molar-refractivity contribution in [3.8, 4) is 0 Å². The molecule has 0 saturated heterocycles. The number of benzene rings is 1. The molecule has 0 atom stereocenters. The first kappa shape index (κ1) is 20.5. The molecule has 8 heteroatoms. The smallest absolute Gasteiger partial charge is 0.339 e. The molecule has 0 aliphatic heterocycles.